The van der Waals surface area contributed by atoms with Gasteiger partial charge in [-0.1, -0.05) is 38.5 Å². The number of ether oxygens (including phenoxy) is 1. The maximum atomic E-state index is 12.3. The Morgan fingerprint density at radius 1 is 1.30 bits per heavy atom. The fourth-order valence-corrected chi connectivity index (χ4v) is 1.95. The molecule has 1 aromatic carbocycles. The van der Waals surface area contributed by atoms with Crippen molar-refractivity contribution in [3.05, 3.63) is 29.8 Å². The van der Waals surface area contributed by atoms with Crippen LogP contribution < -0.4 is 10.1 Å². The molecule has 0 bridgehead atoms. The van der Waals surface area contributed by atoms with E-state index in [1.54, 1.807) is 13.8 Å². The number of carbonyl (C=O) groups excluding carboxylic acids is 1. The maximum absolute atomic E-state index is 12.3. The molecule has 0 fully saturated rings. The molecule has 0 unspecified atom stereocenters. The van der Waals surface area contributed by atoms with Gasteiger partial charge < -0.3 is 15.2 Å². The van der Waals surface area contributed by atoms with Crippen LogP contribution in [0.3, 0.4) is 0 Å². The lowest BCUT2D eigenvalue weighted by Crippen LogP contribution is -2.45. The Morgan fingerprint density at radius 3 is 2.43 bits per heavy atom. The molecule has 0 radical (unpaired) electrons. The molecule has 128 valence electrons. The van der Waals surface area contributed by atoms with E-state index in [1.807, 2.05) is 0 Å². The number of carboxylic acids is 1. The third kappa shape index (κ3) is 6.17. The molecule has 0 saturated carbocycles. The van der Waals surface area contributed by atoms with Crippen LogP contribution in [0.15, 0.2) is 24.3 Å². The van der Waals surface area contributed by atoms with Crippen LogP contribution >= 0.6 is 0 Å². The van der Waals surface area contributed by atoms with Gasteiger partial charge in [-0.25, -0.2) is 4.79 Å². The summed E-state index contributed by atoms with van der Waals surface area (Å²) < 4.78 is 40.8. The van der Waals surface area contributed by atoms with Crippen LogP contribution in [0.1, 0.15) is 25.8 Å². The number of para-hydroxylation sites is 1. The van der Waals surface area contributed by atoms with Gasteiger partial charge in [0.05, 0.1) is 6.42 Å². The van der Waals surface area contributed by atoms with Gasteiger partial charge in [-0.05, 0) is 12.0 Å². The van der Waals surface area contributed by atoms with Crippen molar-refractivity contribution in [3.63, 3.8) is 0 Å². The number of nitrogens with one attached hydrogen (secondary N) is 1. The van der Waals surface area contributed by atoms with Gasteiger partial charge in [0.2, 0.25) is 5.91 Å². The number of amides is 1. The van der Waals surface area contributed by atoms with Crippen molar-refractivity contribution < 1.29 is 32.6 Å². The van der Waals surface area contributed by atoms with E-state index in [1.165, 1.54) is 18.2 Å². The second kappa shape index (κ2) is 7.85. The van der Waals surface area contributed by atoms with Gasteiger partial charge in [-0.3, -0.25) is 4.79 Å². The normalized spacial score (nSPS) is 14.0. The first kappa shape index (κ1) is 18.8. The molecule has 5 nitrogen and oxygen atoms in total. The second-order valence-electron chi connectivity index (χ2n) is 5.10. The average molecular weight is 333 g/mol. The molecule has 0 spiro atoms. The van der Waals surface area contributed by atoms with Crippen molar-refractivity contribution in [2.45, 2.75) is 39.1 Å². The highest BCUT2D eigenvalue weighted by atomic mass is 19.4. The summed E-state index contributed by atoms with van der Waals surface area (Å²) in [6.45, 7) is 3.44. The third-order valence-corrected chi connectivity index (χ3v) is 3.34. The van der Waals surface area contributed by atoms with E-state index in [4.69, 9.17) is 5.11 Å². The molecular formula is C15H18F3NO4. The highest BCUT2D eigenvalue weighted by Crippen LogP contribution is 2.26. The van der Waals surface area contributed by atoms with Crippen molar-refractivity contribution in [2.24, 2.45) is 5.92 Å². The summed E-state index contributed by atoms with van der Waals surface area (Å²) in [4.78, 5) is 23.1. The number of hydrogen-bond donors (Lipinski definition) is 2. The lowest BCUT2D eigenvalue weighted by molar-refractivity contribution is -0.274. The number of hydrogen-bond acceptors (Lipinski definition) is 3. The second-order valence-corrected chi connectivity index (χ2v) is 5.10. The SMILES string of the molecule is CC[C@@H](C)[C@H](NC(=O)Cc1ccccc1OC(F)(F)F)C(=O)O. The first-order valence-electron chi connectivity index (χ1n) is 6.99. The fraction of sp³-hybridized carbons (Fsp3) is 0.467. The van der Waals surface area contributed by atoms with Gasteiger partial charge in [0.1, 0.15) is 11.8 Å². The van der Waals surface area contributed by atoms with Gasteiger partial charge in [-0.15, -0.1) is 13.2 Å². The van der Waals surface area contributed by atoms with Crippen molar-refractivity contribution >= 4 is 11.9 Å². The predicted molar refractivity (Wildman–Crippen MR) is 75.9 cm³/mol. The number of carboxylic acid groups (broad SMARTS) is 1. The molecule has 0 heterocycles. The topological polar surface area (TPSA) is 75.6 Å². The molecule has 0 aliphatic rings. The summed E-state index contributed by atoms with van der Waals surface area (Å²) >= 11 is 0. The van der Waals surface area contributed by atoms with Crippen molar-refractivity contribution in [1.82, 2.24) is 5.32 Å². The number of carbonyl (C=O) groups is 2. The Balaban J connectivity index is 2.83. The lowest BCUT2D eigenvalue weighted by atomic mass is 9.99. The van der Waals surface area contributed by atoms with E-state index < -0.39 is 36.5 Å². The summed E-state index contributed by atoms with van der Waals surface area (Å²) in [6, 6.07) is 4.14. The monoisotopic (exact) mass is 333 g/mol. The Bertz CT molecular complexity index is 560. The van der Waals surface area contributed by atoms with Crippen molar-refractivity contribution in [3.8, 4) is 5.75 Å². The van der Waals surface area contributed by atoms with Crippen molar-refractivity contribution in [2.75, 3.05) is 0 Å². The summed E-state index contributed by atoms with van der Waals surface area (Å²) in [7, 11) is 0. The van der Waals surface area contributed by atoms with Gasteiger partial charge >= 0.3 is 12.3 Å². The van der Waals surface area contributed by atoms with Crippen LogP contribution in [0, 0.1) is 5.92 Å². The van der Waals surface area contributed by atoms with Gasteiger partial charge in [0.15, 0.2) is 0 Å². The van der Waals surface area contributed by atoms with E-state index in [-0.39, 0.29) is 11.5 Å². The predicted octanol–water partition coefficient (Wildman–Crippen LogP) is 2.74. The van der Waals surface area contributed by atoms with E-state index in [0.29, 0.717) is 6.42 Å². The molecule has 1 rings (SSSR count). The molecule has 2 atom stereocenters. The fourth-order valence-electron chi connectivity index (χ4n) is 1.95. The first-order chi connectivity index (χ1) is 10.6. The first-order valence-corrected chi connectivity index (χ1v) is 6.99. The highest BCUT2D eigenvalue weighted by Gasteiger charge is 2.32. The Labute approximate surface area is 131 Å². The summed E-state index contributed by atoms with van der Waals surface area (Å²) in [5, 5.41) is 11.4. The third-order valence-electron chi connectivity index (χ3n) is 3.34. The van der Waals surface area contributed by atoms with Crippen LogP contribution in [0.4, 0.5) is 13.2 Å². The molecular weight excluding hydrogens is 315 g/mol. The number of aliphatic carboxylic acids is 1. The molecule has 2 N–H and O–H groups in total. The number of rotatable bonds is 7. The quantitative estimate of drug-likeness (QED) is 0.804. The largest absolute Gasteiger partial charge is 0.573 e. The highest BCUT2D eigenvalue weighted by molar-refractivity contribution is 5.85. The lowest BCUT2D eigenvalue weighted by Gasteiger charge is -2.20. The minimum absolute atomic E-state index is 0.0237. The molecule has 1 amide bonds. The number of halogens is 3. The molecule has 0 aliphatic heterocycles. The molecule has 8 heteroatoms. The molecule has 0 aliphatic carbocycles. The van der Waals surface area contributed by atoms with Gasteiger partial charge in [0.25, 0.3) is 0 Å². The zero-order chi connectivity index (χ0) is 17.6. The van der Waals surface area contributed by atoms with E-state index in [9.17, 15) is 22.8 Å². The van der Waals surface area contributed by atoms with Crippen LogP contribution in [-0.4, -0.2) is 29.4 Å². The Morgan fingerprint density at radius 2 is 1.91 bits per heavy atom. The zero-order valence-corrected chi connectivity index (χ0v) is 12.7. The van der Waals surface area contributed by atoms with Gasteiger partial charge in [0, 0.05) is 5.56 Å². The standard InChI is InChI=1S/C15H18F3NO4/c1-3-9(2)13(14(21)22)19-12(20)8-10-6-4-5-7-11(10)23-15(16,17)18/h4-7,9,13H,3,8H2,1-2H3,(H,19,20)(H,21,22)/t9-,13+/m1/s1. The van der Waals surface area contributed by atoms with Gasteiger partial charge in [-0.2, -0.15) is 0 Å². The van der Waals surface area contributed by atoms with E-state index in [0.717, 1.165) is 6.07 Å². The van der Waals surface area contributed by atoms with Crippen LogP contribution in [-0.2, 0) is 16.0 Å². The number of alkyl halides is 3. The zero-order valence-electron chi connectivity index (χ0n) is 12.7. The Kier molecular flexibility index (Phi) is 6.41. The van der Waals surface area contributed by atoms with Crippen LogP contribution in [0.5, 0.6) is 5.75 Å². The van der Waals surface area contributed by atoms with E-state index in [2.05, 4.69) is 10.1 Å². The summed E-state index contributed by atoms with van der Waals surface area (Å²) in [5.41, 5.74) is 0.0237. The van der Waals surface area contributed by atoms with Crippen molar-refractivity contribution in [1.29, 1.82) is 0 Å². The minimum atomic E-state index is -4.87. The summed E-state index contributed by atoms with van der Waals surface area (Å²) in [5.74, 6) is -2.66. The molecule has 23 heavy (non-hydrogen) atoms. The molecule has 0 saturated heterocycles. The Hall–Kier alpha value is -2.25. The van der Waals surface area contributed by atoms with Crippen LogP contribution in [0.25, 0.3) is 0 Å². The number of benzene rings is 1. The molecule has 1 aromatic rings. The smallest absolute Gasteiger partial charge is 0.480 e. The van der Waals surface area contributed by atoms with Crippen LogP contribution in [0.2, 0.25) is 0 Å². The summed E-state index contributed by atoms with van der Waals surface area (Å²) in [6.07, 6.45) is -4.75. The molecule has 0 aromatic heterocycles. The average Bonchev–Trinajstić information content (AvgIpc) is 2.44. The van der Waals surface area contributed by atoms with E-state index >= 15 is 0 Å². The maximum Gasteiger partial charge on any atom is 0.573 e. The minimum Gasteiger partial charge on any atom is -0.480 e.